The minimum absolute atomic E-state index is 0.375. The first-order valence-electron chi connectivity index (χ1n) is 2.06. The van der Waals surface area contributed by atoms with Crippen LogP contribution in [-0.2, 0) is 0 Å². The van der Waals surface area contributed by atoms with Gasteiger partial charge in [-0.15, -0.1) is 12.6 Å². The number of rotatable bonds is 1. The van der Waals surface area contributed by atoms with Crippen molar-refractivity contribution in [2.75, 3.05) is 0 Å². The van der Waals surface area contributed by atoms with E-state index in [1.165, 1.54) is 6.26 Å². The van der Waals surface area contributed by atoms with Crippen molar-refractivity contribution in [3.63, 3.8) is 0 Å². The quantitative estimate of drug-likeness (QED) is 0.457. The third kappa shape index (κ3) is 0.767. The Morgan fingerprint density at radius 2 is 2.50 bits per heavy atom. The van der Waals surface area contributed by atoms with Crippen LogP contribution >= 0.6 is 12.6 Å². The lowest BCUT2D eigenvalue weighted by Gasteiger charge is -1.77. The fourth-order valence-corrected chi connectivity index (χ4v) is 0.589. The molecule has 0 aliphatic rings. The number of hydrogen-bond acceptors (Lipinski definition) is 3. The van der Waals surface area contributed by atoms with Crippen LogP contribution in [-0.4, -0.2) is 6.29 Å². The highest BCUT2D eigenvalue weighted by Crippen LogP contribution is 2.10. The molecule has 0 aliphatic heterocycles. The summed E-state index contributed by atoms with van der Waals surface area (Å²) in [6, 6.07) is 1.56. The Bertz CT molecular complexity index is 192. The van der Waals surface area contributed by atoms with Crippen molar-refractivity contribution in [3.05, 3.63) is 17.9 Å². The second-order valence-electron chi connectivity index (χ2n) is 1.30. The molecule has 0 radical (unpaired) electrons. The Labute approximate surface area is 51.9 Å². The van der Waals surface area contributed by atoms with Crippen LogP contribution < -0.4 is 0 Å². The Balaban J connectivity index is 3.09. The van der Waals surface area contributed by atoms with Gasteiger partial charge >= 0.3 is 0 Å². The summed E-state index contributed by atoms with van der Waals surface area (Å²) in [5, 5.41) is 0.375. The Morgan fingerprint density at radius 3 is 2.75 bits per heavy atom. The van der Waals surface area contributed by atoms with Crippen LogP contribution in [0.1, 0.15) is 10.4 Å². The number of hydrogen-bond donors (Lipinski definition) is 1. The van der Waals surface area contributed by atoms with Crippen molar-refractivity contribution in [1.29, 1.82) is 0 Å². The molecule has 0 spiro atoms. The third-order valence-corrected chi connectivity index (χ3v) is 1.16. The maximum absolute atomic E-state index is 9.98. The standard InChI is InChI=1S/C5H4O2S/c6-3-4-1-2-7-5(4)8/h1-3,8H. The summed E-state index contributed by atoms with van der Waals surface area (Å²) in [6.07, 6.45) is 2.12. The molecule has 0 atom stereocenters. The largest absolute Gasteiger partial charge is 0.458 e. The van der Waals surface area contributed by atoms with Gasteiger partial charge in [-0.05, 0) is 6.07 Å². The van der Waals surface area contributed by atoms with E-state index in [4.69, 9.17) is 0 Å². The first-order valence-corrected chi connectivity index (χ1v) is 2.51. The fourth-order valence-electron chi connectivity index (χ4n) is 0.401. The van der Waals surface area contributed by atoms with Crippen molar-refractivity contribution in [2.24, 2.45) is 0 Å². The van der Waals surface area contributed by atoms with Gasteiger partial charge in [0.25, 0.3) is 0 Å². The topological polar surface area (TPSA) is 30.2 Å². The molecule has 0 saturated carbocycles. The molecule has 0 amide bonds. The van der Waals surface area contributed by atoms with E-state index in [0.717, 1.165) is 0 Å². The van der Waals surface area contributed by atoms with E-state index < -0.39 is 0 Å². The summed E-state index contributed by atoms with van der Waals surface area (Å²) in [4.78, 5) is 9.98. The van der Waals surface area contributed by atoms with Crippen LogP contribution in [0.25, 0.3) is 0 Å². The van der Waals surface area contributed by atoms with E-state index in [9.17, 15) is 4.79 Å². The number of furan rings is 1. The van der Waals surface area contributed by atoms with Gasteiger partial charge in [0.15, 0.2) is 11.4 Å². The van der Waals surface area contributed by atoms with Gasteiger partial charge in [0.1, 0.15) is 0 Å². The van der Waals surface area contributed by atoms with Crippen LogP contribution in [0.2, 0.25) is 0 Å². The molecular weight excluding hydrogens is 124 g/mol. The van der Waals surface area contributed by atoms with Gasteiger partial charge in [0.05, 0.1) is 11.8 Å². The molecule has 2 nitrogen and oxygen atoms in total. The molecule has 1 rings (SSSR count). The Kier molecular flexibility index (Phi) is 1.39. The summed E-state index contributed by atoms with van der Waals surface area (Å²) in [7, 11) is 0. The number of aldehydes is 1. The van der Waals surface area contributed by atoms with Crippen molar-refractivity contribution in [2.45, 2.75) is 5.09 Å². The smallest absolute Gasteiger partial charge is 0.167 e. The molecule has 1 aromatic rings. The lowest BCUT2D eigenvalue weighted by Crippen LogP contribution is -1.70. The summed E-state index contributed by atoms with van der Waals surface area (Å²) in [6.45, 7) is 0. The molecule has 0 saturated heterocycles. The van der Waals surface area contributed by atoms with Crippen molar-refractivity contribution < 1.29 is 9.21 Å². The highest BCUT2D eigenvalue weighted by Gasteiger charge is 1.96. The molecule has 0 fully saturated rings. The minimum Gasteiger partial charge on any atom is -0.458 e. The second-order valence-corrected chi connectivity index (χ2v) is 1.71. The first-order chi connectivity index (χ1) is 3.84. The molecule has 42 valence electrons. The molecule has 3 heteroatoms. The lowest BCUT2D eigenvalue weighted by atomic mass is 10.4. The van der Waals surface area contributed by atoms with Gasteiger partial charge in [0, 0.05) is 0 Å². The average Bonchev–Trinajstić information content (AvgIpc) is 2.14. The van der Waals surface area contributed by atoms with E-state index >= 15 is 0 Å². The monoisotopic (exact) mass is 128 g/mol. The van der Waals surface area contributed by atoms with Crippen LogP contribution in [0.4, 0.5) is 0 Å². The average molecular weight is 128 g/mol. The van der Waals surface area contributed by atoms with Gasteiger partial charge in [-0.2, -0.15) is 0 Å². The molecule has 0 bridgehead atoms. The fraction of sp³-hybridized carbons (Fsp3) is 0. The van der Waals surface area contributed by atoms with E-state index in [1.807, 2.05) is 0 Å². The summed E-state index contributed by atoms with van der Waals surface area (Å²) in [5.74, 6) is 0. The van der Waals surface area contributed by atoms with Crippen LogP contribution in [0.15, 0.2) is 21.8 Å². The summed E-state index contributed by atoms with van der Waals surface area (Å²) in [5.41, 5.74) is 0.494. The van der Waals surface area contributed by atoms with E-state index in [1.54, 1.807) is 6.07 Å². The molecule has 0 N–H and O–H groups in total. The van der Waals surface area contributed by atoms with E-state index in [0.29, 0.717) is 16.9 Å². The maximum atomic E-state index is 9.98. The van der Waals surface area contributed by atoms with Crippen LogP contribution in [0.5, 0.6) is 0 Å². The predicted octanol–water partition coefficient (Wildman–Crippen LogP) is 1.38. The molecular formula is C5H4O2S. The third-order valence-electron chi connectivity index (χ3n) is 0.801. The minimum atomic E-state index is 0.375. The number of thiol groups is 1. The summed E-state index contributed by atoms with van der Waals surface area (Å²) < 4.78 is 4.69. The van der Waals surface area contributed by atoms with Crippen LogP contribution in [0, 0.1) is 0 Å². The van der Waals surface area contributed by atoms with Crippen LogP contribution in [0.3, 0.4) is 0 Å². The Morgan fingerprint density at radius 1 is 1.75 bits per heavy atom. The predicted molar refractivity (Wildman–Crippen MR) is 31.3 cm³/mol. The zero-order chi connectivity index (χ0) is 5.98. The first kappa shape index (κ1) is 5.44. The second kappa shape index (κ2) is 2.05. The SMILES string of the molecule is O=Cc1ccoc1S. The van der Waals surface area contributed by atoms with Crippen molar-refractivity contribution >= 4 is 18.9 Å². The van der Waals surface area contributed by atoms with Gasteiger partial charge in [-0.25, -0.2) is 0 Å². The maximum Gasteiger partial charge on any atom is 0.167 e. The highest BCUT2D eigenvalue weighted by molar-refractivity contribution is 7.80. The van der Waals surface area contributed by atoms with E-state index in [2.05, 4.69) is 17.0 Å². The van der Waals surface area contributed by atoms with Gasteiger partial charge in [-0.3, -0.25) is 4.79 Å². The van der Waals surface area contributed by atoms with Gasteiger partial charge < -0.3 is 4.42 Å². The number of carbonyl (C=O) groups is 1. The van der Waals surface area contributed by atoms with E-state index in [-0.39, 0.29) is 0 Å². The Hall–Kier alpha value is -0.700. The molecule has 0 aromatic carbocycles. The normalized spacial score (nSPS) is 9.12. The van der Waals surface area contributed by atoms with Crippen molar-refractivity contribution in [1.82, 2.24) is 0 Å². The molecule has 0 unspecified atom stereocenters. The molecule has 8 heavy (non-hydrogen) atoms. The van der Waals surface area contributed by atoms with Gasteiger partial charge in [-0.1, -0.05) is 0 Å². The van der Waals surface area contributed by atoms with Crippen molar-refractivity contribution in [3.8, 4) is 0 Å². The molecule has 1 aromatic heterocycles. The lowest BCUT2D eigenvalue weighted by molar-refractivity contribution is 0.111. The molecule has 0 aliphatic carbocycles. The number of carbonyl (C=O) groups excluding carboxylic acids is 1. The summed E-state index contributed by atoms with van der Waals surface area (Å²) >= 11 is 3.83. The highest BCUT2D eigenvalue weighted by atomic mass is 32.1. The zero-order valence-corrected chi connectivity index (χ0v) is 4.89. The van der Waals surface area contributed by atoms with Gasteiger partial charge in [0.2, 0.25) is 0 Å². The molecule has 1 heterocycles. The zero-order valence-electron chi connectivity index (χ0n) is 4.00.